The number of aliphatic hydroxyl groups is 2. The van der Waals surface area contributed by atoms with Crippen LogP contribution in [0.15, 0.2) is 0 Å². The molecule has 1 atom stereocenters. The standard InChI is InChI=1S/C10H23NO2/c1-2-4-10(5-8-13)9-11-6-3-7-12/h10-13H,2-9H2,1H3. The Hall–Kier alpha value is -0.120. The van der Waals surface area contributed by atoms with Crippen molar-refractivity contribution in [1.29, 1.82) is 0 Å². The van der Waals surface area contributed by atoms with Gasteiger partial charge in [-0.1, -0.05) is 13.3 Å². The first-order chi connectivity index (χ1) is 6.35. The molecule has 0 aromatic rings. The van der Waals surface area contributed by atoms with Gasteiger partial charge in [0, 0.05) is 13.2 Å². The van der Waals surface area contributed by atoms with Crippen LogP contribution in [0.4, 0.5) is 0 Å². The number of rotatable bonds is 9. The minimum absolute atomic E-state index is 0.255. The number of hydrogen-bond acceptors (Lipinski definition) is 3. The molecule has 1 unspecified atom stereocenters. The summed E-state index contributed by atoms with van der Waals surface area (Å²) in [6, 6.07) is 0. The van der Waals surface area contributed by atoms with E-state index in [1.807, 2.05) is 0 Å². The summed E-state index contributed by atoms with van der Waals surface area (Å²) >= 11 is 0. The van der Waals surface area contributed by atoms with Crippen molar-refractivity contribution >= 4 is 0 Å². The van der Waals surface area contributed by atoms with Gasteiger partial charge in [-0.25, -0.2) is 0 Å². The Morgan fingerprint density at radius 3 is 2.46 bits per heavy atom. The molecule has 0 radical (unpaired) electrons. The summed E-state index contributed by atoms with van der Waals surface area (Å²) < 4.78 is 0. The summed E-state index contributed by atoms with van der Waals surface area (Å²) in [6.45, 7) is 4.55. The highest BCUT2D eigenvalue weighted by Crippen LogP contribution is 2.08. The Bertz CT molecular complexity index is 92.9. The largest absolute Gasteiger partial charge is 0.396 e. The molecule has 0 rings (SSSR count). The van der Waals surface area contributed by atoms with E-state index in [4.69, 9.17) is 10.2 Å². The van der Waals surface area contributed by atoms with Gasteiger partial charge in [0.2, 0.25) is 0 Å². The average Bonchev–Trinajstić information content (AvgIpc) is 2.13. The molecule has 3 N–H and O–H groups in total. The fourth-order valence-electron chi connectivity index (χ4n) is 1.45. The second-order valence-electron chi connectivity index (χ2n) is 3.45. The molecule has 3 heteroatoms. The van der Waals surface area contributed by atoms with Gasteiger partial charge in [-0.3, -0.25) is 0 Å². The van der Waals surface area contributed by atoms with Crippen LogP contribution < -0.4 is 5.32 Å². The van der Waals surface area contributed by atoms with Gasteiger partial charge in [0.25, 0.3) is 0 Å². The van der Waals surface area contributed by atoms with E-state index in [2.05, 4.69) is 12.2 Å². The van der Waals surface area contributed by atoms with E-state index >= 15 is 0 Å². The minimum atomic E-state index is 0.255. The zero-order valence-electron chi connectivity index (χ0n) is 8.63. The van der Waals surface area contributed by atoms with Crippen molar-refractivity contribution < 1.29 is 10.2 Å². The molecule has 13 heavy (non-hydrogen) atoms. The molecule has 0 saturated heterocycles. The molecule has 0 aromatic heterocycles. The van der Waals surface area contributed by atoms with E-state index in [0.29, 0.717) is 5.92 Å². The van der Waals surface area contributed by atoms with Crippen LogP contribution in [0.1, 0.15) is 32.6 Å². The lowest BCUT2D eigenvalue weighted by Gasteiger charge is -2.15. The lowest BCUT2D eigenvalue weighted by atomic mass is 10.0. The van der Waals surface area contributed by atoms with Gasteiger partial charge in [0.05, 0.1) is 0 Å². The molecule has 0 aliphatic rings. The fraction of sp³-hybridized carbons (Fsp3) is 1.00. The van der Waals surface area contributed by atoms with Gasteiger partial charge in [-0.2, -0.15) is 0 Å². The molecule has 0 spiro atoms. The Kier molecular flexibility index (Phi) is 9.87. The lowest BCUT2D eigenvalue weighted by molar-refractivity contribution is 0.245. The second kappa shape index (κ2) is 9.96. The van der Waals surface area contributed by atoms with Gasteiger partial charge in [-0.15, -0.1) is 0 Å². The van der Waals surface area contributed by atoms with Crippen LogP contribution in [-0.4, -0.2) is 36.5 Å². The summed E-state index contributed by atoms with van der Waals surface area (Å²) in [5.41, 5.74) is 0. The predicted octanol–water partition coefficient (Wildman–Crippen LogP) is 0.757. The third-order valence-electron chi connectivity index (χ3n) is 2.18. The van der Waals surface area contributed by atoms with Crippen molar-refractivity contribution in [3.8, 4) is 0 Å². The van der Waals surface area contributed by atoms with Gasteiger partial charge in [0.15, 0.2) is 0 Å². The molecule has 0 aliphatic carbocycles. The van der Waals surface area contributed by atoms with Crippen molar-refractivity contribution in [2.24, 2.45) is 5.92 Å². The maximum absolute atomic E-state index is 8.80. The van der Waals surface area contributed by atoms with Gasteiger partial charge < -0.3 is 15.5 Å². The van der Waals surface area contributed by atoms with Gasteiger partial charge in [0.1, 0.15) is 0 Å². The first kappa shape index (κ1) is 12.9. The van der Waals surface area contributed by atoms with E-state index < -0.39 is 0 Å². The Morgan fingerprint density at radius 2 is 1.92 bits per heavy atom. The van der Waals surface area contributed by atoms with Crippen molar-refractivity contribution in [3.63, 3.8) is 0 Å². The molecule has 0 saturated carbocycles. The molecular weight excluding hydrogens is 166 g/mol. The first-order valence-corrected chi connectivity index (χ1v) is 5.27. The summed E-state index contributed by atoms with van der Waals surface area (Å²) in [4.78, 5) is 0. The first-order valence-electron chi connectivity index (χ1n) is 5.27. The highest BCUT2D eigenvalue weighted by molar-refractivity contribution is 4.61. The maximum Gasteiger partial charge on any atom is 0.0443 e. The summed E-state index contributed by atoms with van der Waals surface area (Å²) in [7, 11) is 0. The number of hydrogen-bond donors (Lipinski definition) is 3. The molecule has 0 aromatic carbocycles. The molecule has 0 heterocycles. The minimum Gasteiger partial charge on any atom is -0.396 e. The van der Waals surface area contributed by atoms with Crippen LogP contribution in [0, 0.1) is 5.92 Å². The zero-order valence-corrected chi connectivity index (χ0v) is 8.63. The fourth-order valence-corrected chi connectivity index (χ4v) is 1.45. The normalized spacial score (nSPS) is 13.2. The molecule has 0 bridgehead atoms. The zero-order chi connectivity index (χ0) is 9.94. The molecular formula is C10H23NO2. The van der Waals surface area contributed by atoms with E-state index in [1.54, 1.807) is 0 Å². The molecule has 0 amide bonds. The van der Waals surface area contributed by atoms with Crippen molar-refractivity contribution in [3.05, 3.63) is 0 Å². The highest BCUT2D eigenvalue weighted by atomic mass is 16.3. The monoisotopic (exact) mass is 189 g/mol. The molecule has 80 valence electrons. The highest BCUT2D eigenvalue weighted by Gasteiger charge is 2.05. The third-order valence-corrected chi connectivity index (χ3v) is 2.18. The molecule has 0 aliphatic heterocycles. The molecule has 0 fully saturated rings. The Labute approximate surface area is 81.2 Å². The van der Waals surface area contributed by atoms with Gasteiger partial charge >= 0.3 is 0 Å². The van der Waals surface area contributed by atoms with Crippen LogP contribution in [0.2, 0.25) is 0 Å². The van der Waals surface area contributed by atoms with Gasteiger partial charge in [-0.05, 0) is 38.3 Å². The smallest absolute Gasteiger partial charge is 0.0443 e. The summed E-state index contributed by atoms with van der Waals surface area (Å²) in [6.07, 6.45) is 4.05. The lowest BCUT2D eigenvalue weighted by Crippen LogP contribution is -2.25. The van der Waals surface area contributed by atoms with Crippen LogP contribution in [0.5, 0.6) is 0 Å². The van der Waals surface area contributed by atoms with Crippen molar-refractivity contribution in [2.45, 2.75) is 32.6 Å². The number of aliphatic hydroxyl groups excluding tert-OH is 2. The molecule has 3 nitrogen and oxygen atoms in total. The van der Waals surface area contributed by atoms with E-state index in [1.165, 1.54) is 12.8 Å². The average molecular weight is 189 g/mol. The van der Waals surface area contributed by atoms with Crippen LogP contribution in [-0.2, 0) is 0 Å². The van der Waals surface area contributed by atoms with E-state index in [-0.39, 0.29) is 13.2 Å². The van der Waals surface area contributed by atoms with E-state index in [9.17, 15) is 0 Å². The van der Waals surface area contributed by atoms with Crippen LogP contribution in [0.3, 0.4) is 0 Å². The van der Waals surface area contributed by atoms with Crippen molar-refractivity contribution in [1.82, 2.24) is 5.32 Å². The maximum atomic E-state index is 8.80. The summed E-state index contributed by atoms with van der Waals surface area (Å²) in [5, 5.41) is 20.6. The van der Waals surface area contributed by atoms with Crippen molar-refractivity contribution in [2.75, 3.05) is 26.3 Å². The SMILES string of the molecule is CCCC(CCO)CNCCCO. The number of nitrogens with one attached hydrogen (secondary N) is 1. The second-order valence-corrected chi connectivity index (χ2v) is 3.45. The predicted molar refractivity (Wildman–Crippen MR) is 54.7 cm³/mol. The van der Waals surface area contributed by atoms with Crippen LogP contribution in [0.25, 0.3) is 0 Å². The third kappa shape index (κ3) is 8.22. The van der Waals surface area contributed by atoms with Crippen LogP contribution >= 0.6 is 0 Å². The summed E-state index contributed by atoms with van der Waals surface area (Å²) in [5.74, 6) is 0.591. The Morgan fingerprint density at radius 1 is 1.15 bits per heavy atom. The Balaban J connectivity index is 3.33. The van der Waals surface area contributed by atoms with E-state index in [0.717, 1.165) is 25.9 Å². The quantitative estimate of drug-likeness (QED) is 0.469. The topological polar surface area (TPSA) is 52.5 Å².